The van der Waals surface area contributed by atoms with Gasteiger partial charge < -0.3 is 5.32 Å². The fourth-order valence-corrected chi connectivity index (χ4v) is 3.84. The van der Waals surface area contributed by atoms with E-state index in [1.165, 1.54) is 5.56 Å². The van der Waals surface area contributed by atoms with Crippen molar-refractivity contribution < 1.29 is 4.79 Å². The van der Waals surface area contributed by atoms with Crippen LogP contribution in [0.15, 0.2) is 30.7 Å². The van der Waals surface area contributed by atoms with E-state index < -0.39 is 0 Å². The number of carbonyl (C=O) groups is 1. The van der Waals surface area contributed by atoms with E-state index >= 15 is 0 Å². The highest BCUT2D eigenvalue weighted by Crippen LogP contribution is 2.32. The number of hydrogen-bond acceptors (Lipinski definition) is 3. The average molecular weight is 365 g/mol. The summed E-state index contributed by atoms with van der Waals surface area (Å²) in [6, 6.07) is 4.25. The SMILES string of the molecule is Cc1c([C@H](C)[C@@H]2CNC(=O)C2)nn2cc(-c3cnn(C(C)(C)C)c3)ccc12. The first-order valence-corrected chi connectivity index (χ1v) is 9.55. The minimum absolute atomic E-state index is 0.0417. The summed E-state index contributed by atoms with van der Waals surface area (Å²) in [5.74, 6) is 0.702. The van der Waals surface area contributed by atoms with Gasteiger partial charge in [0, 0.05) is 42.4 Å². The molecule has 1 aliphatic rings. The third-order valence-electron chi connectivity index (χ3n) is 5.66. The Hall–Kier alpha value is -2.63. The Morgan fingerprint density at radius 2 is 2.00 bits per heavy atom. The highest BCUT2D eigenvalue weighted by Gasteiger charge is 2.30. The van der Waals surface area contributed by atoms with Crippen LogP contribution in [0.3, 0.4) is 0 Å². The maximum absolute atomic E-state index is 11.6. The summed E-state index contributed by atoms with van der Waals surface area (Å²) >= 11 is 0. The number of pyridine rings is 1. The molecule has 4 rings (SSSR count). The fraction of sp³-hybridized carbons (Fsp3) is 0.476. The highest BCUT2D eigenvalue weighted by atomic mass is 16.1. The van der Waals surface area contributed by atoms with Crippen molar-refractivity contribution in [2.24, 2.45) is 5.92 Å². The van der Waals surface area contributed by atoms with Gasteiger partial charge in [0.2, 0.25) is 5.91 Å². The van der Waals surface area contributed by atoms with Gasteiger partial charge in [0.25, 0.3) is 0 Å². The molecule has 0 radical (unpaired) electrons. The van der Waals surface area contributed by atoms with Gasteiger partial charge >= 0.3 is 0 Å². The molecule has 1 N–H and O–H groups in total. The van der Waals surface area contributed by atoms with Crippen LogP contribution >= 0.6 is 0 Å². The van der Waals surface area contributed by atoms with Gasteiger partial charge in [-0.25, -0.2) is 4.52 Å². The minimum atomic E-state index is -0.0417. The van der Waals surface area contributed by atoms with Gasteiger partial charge in [0.05, 0.1) is 22.9 Å². The number of aryl methyl sites for hydroxylation is 1. The molecule has 0 spiro atoms. The zero-order valence-electron chi connectivity index (χ0n) is 16.7. The number of fused-ring (bicyclic) bond motifs is 1. The molecule has 1 amide bonds. The van der Waals surface area contributed by atoms with Gasteiger partial charge in [-0.05, 0) is 45.2 Å². The largest absolute Gasteiger partial charge is 0.356 e. The van der Waals surface area contributed by atoms with Gasteiger partial charge in [-0.2, -0.15) is 10.2 Å². The molecule has 1 saturated heterocycles. The Morgan fingerprint density at radius 1 is 1.22 bits per heavy atom. The van der Waals surface area contributed by atoms with E-state index in [0.29, 0.717) is 12.3 Å². The van der Waals surface area contributed by atoms with E-state index in [4.69, 9.17) is 5.10 Å². The van der Waals surface area contributed by atoms with Crippen LogP contribution in [0.4, 0.5) is 0 Å². The highest BCUT2D eigenvalue weighted by molar-refractivity contribution is 5.78. The molecule has 1 aliphatic heterocycles. The fourth-order valence-electron chi connectivity index (χ4n) is 3.84. The van der Waals surface area contributed by atoms with E-state index in [-0.39, 0.29) is 17.4 Å². The van der Waals surface area contributed by atoms with Crippen LogP contribution in [-0.4, -0.2) is 31.8 Å². The second-order valence-electron chi connectivity index (χ2n) is 8.66. The molecular formula is C21H27N5O. The van der Waals surface area contributed by atoms with Crippen LogP contribution < -0.4 is 5.32 Å². The van der Waals surface area contributed by atoms with E-state index in [1.807, 2.05) is 15.4 Å². The molecular weight excluding hydrogens is 338 g/mol. The Morgan fingerprint density at radius 3 is 2.63 bits per heavy atom. The number of hydrogen-bond donors (Lipinski definition) is 1. The average Bonchev–Trinajstić information content (AvgIpc) is 3.32. The minimum Gasteiger partial charge on any atom is -0.356 e. The van der Waals surface area contributed by atoms with Crippen LogP contribution in [0, 0.1) is 12.8 Å². The van der Waals surface area contributed by atoms with Crippen molar-refractivity contribution in [1.29, 1.82) is 0 Å². The molecule has 142 valence electrons. The molecule has 6 heteroatoms. The van der Waals surface area contributed by atoms with Crippen molar-refractivity contribution in [1.82, 2.24) is 24.7 Å². The second-order valence-corrected chi connectivity index (χ2v) is 8.66. The number of rotatable bonds is 3. The molecule has 4 heterocycles. The molecule has 27 heavy (non-hydrogen) atoms. The molecule has 0 aromatic carbocycles. The summed E-state index contributed by atoms with van der Waals surface area (Å²) in [6.07, 6.45) is 6.64. The Bertz CT molecular complexity index is 1010. The first kappa shape index (κ1) is 17.8. The predicted molar refractivity (Wildman–Crippen MR) is 106 cm³/mol. The molecule has 3 aromatic heterocycles. The van der Waals surface area contributed by atoms with Crippen LogP contribution in [0.1, 0.15) is 51.3 Å². The lowest BCUT2D eigenvalue weighted by molar-refractivity contribution is -0.119. The van der Waals surface area contributed by atoms with Gasteiger partial charge in [-0.3, -0.25) is 9.48 Å². The summed E-state index contributed by atoms with van der Waals surface area (Å²) in [7, 11) is 0. The predicted octanol–water partition coefficient (Wildman–Crippen LogP) is 3.50. The van der Waals surface area contributed by atoms with Crippen LogP contribution in [-0.2, 0) is 10.3 Å². The van der Waals surface area contributed by atoms with Gasteiger partial charge in [0.1, 0.15) is 0 Å². The third kappa shape index (κ3) is 3.13. The number of nitrogens with zero attached hydrogens (tertiary/aromatic N) is 4. The van der Waals surface area contributed by atoms with E-state index in [9.17, 15) is 4.79 Å². The smallest absolute Gasteiger partial charge is 0.220 e. The summed E-state index contributed by atoms with van der Waals surface area (Å²) in [4.78, 5) is 11.6. The third-order valence-corrected chi connectivity index (χ3v) is 5.66. The normalized spacial score (nSPS) is 18.9. The van der Waals surface area contributed by atoms with Crippen molar-refractivity contribution in [2.75, 3.05) is 6.54 Å². The van der Waals surface area contributed by atoms with E-state index in [1.54, 1.807) is 0 Å². The van der Waals surface area contributed by atoms with E-state index in [0.717, 1.165) is 28.9 Å². The number of aromatic nitrogens is 4. The molecule has 3 aromatic rings. The molecule has 1 fully saturated rings. The molecule has 2 atom stereocenters. The maximum Gasteiger partial charge on any atom is 0.220 e. The zero-order valence-corrected chi connectivity index (χ0v) is 16.7. The van der Waals surface area contributed by atoms with Crippen molar-refractivity contribution in [2.45, 2.75) is 52.5 Å². The lowest BCUT2D eigenvalue weighted by Crippen LogP contribution is -2.21. The number of amides is 1. The van der Waals surface area contributed by atoms with Crippen LogP contribution in [0.5, 0.6) is 0 Å². The molecule has 0 saturated carbocycles. The lowest BCUT2D eigenvalue weighted by Gasteiger charge is -2.18. The summed E-state index contributed by atoms with van der Waals surface area (Å²) in [6.45, 7) is 11.5. The standard InChI is InChI=1S/C21H27N5O/c1-13(16-8-19(27)22-9-16)20-14(2)18-7-6-15(11-25(18)24-20)17-10-23-26(12-17)21(3,4)5/h6-7,10-13,16H,8-9H2,1-5H3,(H,22,27)/t13-,16+/m1/s1. The Balaban J connectivity index is 1.69. The second kappa shape index (κ2) is 6.22. The zero-order chi connectivity index (χ0) is 19.3. The van der Waals surface area contributed by atoms with Crippen molar-refractivity contribution in [3.63, 3.8) is 0 Å². The number of nitrogens with one attached hydrogen (secondary N) is 1. The molecule has 6 nitrogen and oxygen atoms in total. The molecule has 0 unspecified atom stereocenters. The van der Waals surface area contributed by atoms with Gasteiger partial charge in [0.15, 0.2) is 0 Å². The summed E-state index contributed by atoms with van der Waals surface area (Å²) in [5, 5.41) is 12.3. The van der Waals surface area contributed by atoms with Crippen LogP contribution in [0.25, 0.3) is 16.6 Å². The van der Waals surface area contributed by atoms with Gasteiger partial charge in [-0.1, -0.05) is 13.0 Å². The summed E-state index contributed by atoms with van der Waals surface area (Å²) < 4.78 is 3.95. The quantitative estimate of drug-likeness (QED) is 0.773. The van der Waals surface area contributed by atoms with E-state index in [2.05, 4.69) is 69.6 Å². The van der Waals surface area contributed by atoms with Crippen molar-refractivity contribution in [3.05, 3.63) is 42.0 Å². The Kier molecular flexibility index (Phi) is 4.09. The number of carbonyl (C=O) groups excluding carboxylic acids is 1. The lowest BCUT2D eigenvalue weighted by atomic mass is 9.88. The topological polar surface area (TPSA) is 64.2 Å². The van der Waals surface area contributed by atoms with Crippen molar-refractivity contribution in [3.8, 4) is 11.1 Å². The van der Waals surface area contributed by atoms with Crippen LogP contribution in [0.2, 0.25) is 0 Å². The maximum atomic E-state index is 11.6. The monoisotopic (exact) mass is 365 g/mol. The first-order chi connectivity index (χ1) is 12.7. The van der Waals surface area contributed by atoms with Crippen molar-refractivity contribution >= 4 is 11.4 Å². The summed E-state index contributed by atoms with van der Waals surface area (Å²) in [5.41, 5.74) is 5.52. The molecule has 0 bridgehead atoms. The Labute approximate surface area is 159 Å². The first-order valence-electron chi connectivity index (χ1n) is 9.55. The molecule has 0 aliphatic carbocycles. The van der Waals surface area contributed by atoms with Gasteiger partial charge in [-0.15, -0.1) is 0 Å².